The predicted molar refractivity (Wildman–Crippen MR) is 90.7 cm³/mol. The Morgan fingerprint density at radius 1 is 0.889 bits per heavy atom. The molecule has 2 aromatic carbocycles. The molecule has 3 aromatic rings. The summed E-state index contributed by atoms with van der Waals surface area (Å²) < 4.78 is 53.6. The van der Waals surface area contributed by atoms with Gasteiger partial charge in [-0.05, 0) is 37.3 Å². The van der Waals surface area contributed by atoms with Gasteiger partial charge in [0.15, 0.2) is 11.6 Å². The predicted octanol–water partition coefficient (Wildman–Crippen LogP) is 4.34. The molecule has 0 spiro atoms. The number of amides is 1. The first-order valence-electron chi connectivity index (χ1n) is 7.66. The maximum absolute atomic E-state index is 13.7. The Hall–Kier alpha value is -3.49. The van der Waals surface area contributed by atoms with E-state index in [4.69, 9.17) is 0 Å². The number of aromatic nitrogens is 2. The van der Waals surface area contributed by atoms with Gasteiger partial charge in [-0.1, -0.05) is 6.07 Å². The van der Waals surface area contributed by atoms with E-state index in [1.165, 1.54) is 18.2 Å². The molecule has 0 saturated heterocycles. The summed E-state index contributed by atoms with van der Waals surface area (Å²) in [5.74, 6) is -4.89. The highest BCUT2D eigenvalue weighted by Crippen LogP contribution is 2.20. The zero-order valence-corrected chi connectivity index (χ0v) is 13.9. The van der Waals surface area contributed by atoms with Crippen molar-refractivity contribution in [1.29, 1.82) is 0 Å². The van der Waals surface area contributed by atoms with Gasteiger partial charge in [0.1, 0.15) is 23.0 Å². The molecule has 0 saturated carbocycles. The average molecular weight is 376 g/mol. The molecule has 138 valence electrons. The largest absolute Gasteiger partial charge is 0.324 e. The number of anilines is 3. The molecule has 0 aliphatic heterocycles. The van der Waals surface area contributed by atoms with Crippen LogP contribution in [0.4, 0.5) is 34.9 Å². The van der Waals surface area contributed by atoms with Crippen molar-refractivity contribution in [2.45, 2.75) is 6.92 Å². The van der Waals surface area contributed by atoms with Crippen LogP contribution < -0.4 is 10.6 Å². The molecule has 1 heterocycles. The van der Waals surface area contributed by atoms with E-state index in [2.05, 4.69) is 20.6 Å². The molecular weight excluding hydrogens is 364 g/mol. The molecule has 5 nitrogen and oxygen atoms in total. The number of hydrogen-bond acceptors (Lipinski definition) is 4. The van der Waals surface area contributed by atoms with E-state index in [-0.39, 0.29) is 17.3 Å². The van der Waals surface area contributed by atoms with Crippen LogP contribution in [0.3, 0.4) is 0 Å². The number of para-hydroxylation sites is 1. The van der Waals surface area contributed by atoms with Crippen molar-refractivity contribution in [2.24, 2.45) is 0 Å². The fourth-order valence-electron chi connectivity index (χ4n) is 2.24. The lowest BCUT2D eigenvalue weighted by Crippen LogP contribution is -2.17. The molecule has 27 heavy (non-hydrogen) atoms. The fraction of sp³-hybridized carbons (Fsp3) is 0.0556. The molecule has 3 rings (SSSR count). The molecule has 0 atom stereocenters. The maximum Gasteiger partial charge on any atom is 0.274 e. The van der Waals surface area contributed by atoms with Crippen molar-refractivity contribution < 1.29 is 22.4 Å². The summed E-state index contributed by atoms with van der Waals surface area (Å²) in [4.78, 5) is 20.3. The third-order valence-corrected chi connectivity index (χ3v) is 3.46. The van der Waals surface area contributed by atoms with Crippen LogP contribution in [0.2, 0.25) is 0 Å². The monoisotopic (exact) mass is 376 g/mol. The molecule has 1 amide bonds. The Balaban J connectivity index is 1.86. The van der Waals surface area contributed by atoms with Gasteiger partial charge in [-0.2, -0.15) is 0 Å². The lowest BCUT2D eigenvalue weighted by atomic mass is 10.2. The molecule has 0 unspecified atom stereocenters. The van der Waals surface area contributed by atoms with E-state index in [0.717, 1.165) is 24.3 Å². The minimum Gasteiger partial charge on any atom is -0.324 e. The first-order chi connectivity index (χ1) is 12.8. The third kappa shape index (κ3) is 4.20. The number of carbonyl (C=O) groups is 1. The SMILES string of the molecule is Cc1cc(C(=O)Nc2c(F)cccc2F)nc(Nc2ccc(F)c(F)c2)n1. The van der Waals surface area contributed by atoms with Gasteiger partial charge in [0, 0.05) is 17.4 Å². The van der Waals surface area contributed by atoms with Gasteiger partial charge < -0.3 is 10.6 Å². The highest BCUT2D eigenvalue weighted by atomic mass is 19.2. The van der Waals surface area contributed by atoms with E-state index < -0.39 is 34.9 Å². The summed E-state index contributed by atoms with van der Waals surface area (Å²) in [6.45, 7) is 1.57. The van der Waals surface area contributed by atoms with Crippen LogP contribution in [-0.4, -0.2) is 15.9 Å². The van der Waals surface area contributed by atoms with Crippen LogP contribution in [0.25, 0.3) is 0 Å². The van der Waals surface area contributed by atoms with E-state index in [1.807, 2.05) is 0 Å². The second-order valence-corrected chi connectivity index (χ2v) is 5.52. The van der Waals surface area contributed by atoms with E-state index >= 15 is 0 Å². The standard InChI is InChI=1S/C18H12F4N4O/c1-9-7-15(17(27)26-16-12(20)3-2-4-13(16)21)25-18(23-9)24-10-5-6-11(19)14(22)8-10/h2-8H,1H3,(H,26,27)(H,23,24,25). The molecule has 2 N–H and O–H groups in total. The van der Waals surface area contributed by atoms with E-state index in [9.17, 15) is 22.4 Å². The summed E-state index contributed by atoms with van der Waals surface area (Å²) in [6.07, 6.45) is 0. The Bertz CT molecular complexity index is 1010. The van der Waals surface area contributed by atoms with Crippen LogP contribution in [0.5, 0.6) is 0 Å². The second kappa shape index (κ2) is 7.40. The Morgan fingerprint density at radius 3 is 2.26 bits per heavy atom. The van der Waals surface area contributed by atoms with Crippen molar-refractivity contribution >= 4 is 23.2 Å². The van der Waals surface area contributed by atoms with E-state index in [1.54, 1.807) is 6.92 Å². The van der Waals surface area contributed by atoms with Crippen LogP contribution in [-0.2, 0) is 0 Å². The Kier molecular flexibility index (Phi) is 5.02. The van der Waals surface area contributed by atoms with Crippen molar-refractivity contribution in [3.63, 3.8) is 0 Å². The number of halogens is 4. The highest BCUT2D eigenvalue weighted by molar-refractivity contribution is 6.03. The van der Waals surface area contributed by atoms with Crippen LogP contribution >= 0.6 is 0 Å². The Morgan fingerprint density at radius 2 is 1.59 bits per heavy atom. The first-order valence-corrected chi connectivity index (χ1v) is 7.66. The quantitative estimate of drug-likeness (QED) is 0.665. The van der Waals surface area contributed by atoms with Gasteiger partial charge in [0.2, 0.25) is 5.95 Å². The Labute approximate surface area is 151 Å². The molecular formula is C18H12F4N4O. The molecule has 1 aromatic heterocycles. The molecule has 0 aliphatic carbocycles. The number of nitrogens with one attached hydrogen (secondary N) is 2. The average Bonchev–Trinajstić information content (AvgIpc) is 2.61. The number of nitrogens with zero attached hydrogens (tertiary/aromatic N) is 2. The van der Waals surface area contributed by atoms with Gasteiger partial charge in [0.25, 0.3) is 5.91 Å². The molecule has 0 fully saturated rings. The topological polar surface area (TPSA) is 66.9 Å². The van der Waals surface area contributed by atoms with Crippen LogP contribution in [0.15, 0.2) is 42.5 Å². The van der Waals surface area contributed by atoms with Crippen molar-refractivity contribution in [1.82, 2.24) is 9.97 Å². The first kappa shape index (κ1) is 18.3. The third-order valence-electron chi connectivity index (χ3n) is 3.46. The number of carbonyl (C=O) groups excluding carboxylic acids is 1. The van der Waals surface area contributed by atoms with Crippen LogP contribution in [0, 0.1) is 30.2 Å². The van der Waals surface area contributed by atoms with Gasteiger partial charge in [-0.3, -0.25) is 4.79 Å². The van der Waals surface area contributed by atoms with Gasteiger partial charge in [-0.15, -0.1) is 0 Å². The molecule has 0 aliphatic rings. The van der Waals surface area contributed by atoms with Gasteiger partial charge in [0.05, 0.1) is 0 Å². The zero-order chi connectivity index (χ0) is 19.6. The smallest absolute Gasteiger partial charge is 0.274 e. The summed E-state index contributed by atoms with van der Waals surface area (Å²) in [7, 11) is 0. The zero-order valence-electron chi connectivity index (χ0n) is 13.9. The second-order valence-electron chi connectivity index (χ2n) is 5.52. The normalized spacial score (nSPS) is 10.6. The summed E-state index contributed by atoms with van der Waals surface area (Å²) in [5.41, 5.74) is -0.246. The van der Waals surface area contributed by atoms with Crippen molar-refractivity contribution in [3.05, 3.63) is 77.1 Å². The summed E-state index contributed by atoms with van der Waals surface area (Å²) in [6, 6.07) is 7.56. The van der Waals surface area contributed by atoms with Crippen molar-refractivity contribution in [2.75, 3.05) is 10.6 Å². The lowest BCUT2D eigenvalue weighted by Gasteiger charge is -2.10. The summed E-state index contributed by atoms with van der Waals surface area (Å²) >= 11 is 0. The minimum absolute atomic E-state index is 0.0693. The number of hydrogen-bond donors (Lipinski definition) is 2. The number of aryl methyl sites for hydroxylation is 1. The van der Waals surface area contributed by atoms with Crippen LogP contribution in [0.1, 0.15) is 16.2 Å². The maximum atomic E-state index is 13.7. The summed E-state index contributed by atoms with van der Waals surface area (Å²) in [5, 5.41) is 4.75. The minimum atomic E-state index is -1.07. The van der Waals surface area contributed by atoms with Gasteiger partial charge >= 0.3 is 0 Å². The molecule has 9 heteroatoms. The molecule has 0 bridgehead atoms. The van der Waals surface area contributed by atoms with E-state index in [0.29, 0.717) is 5.69 Å². The number of benzene rings is 2. The van der Waals surface area contributed by atoms with Crippen molar-refractivity contribution in [3.8, 4) is 0 Å². The van der Waals surface area contributed by atoms with Gasteiger partial charge in [-0.25, -0.2) is 27.5 Å². The lowest BCUT2D eigenvalue weighted by molar-refractivity contribution is 0.102. The highest BCUT2D eigenvalue weighted by Gasteiger charge is 2.16. The molecule has 0 radical (unpaired) electrons. The number of rotatable bonds is 4. The fourth-order valence-corrected chi connectivity index (χ4v) is 2.24.